The minimum atomic E-state index is -2.82. The van der Waals surface area contributed by atoms with Gasteiger partial charge >= 0.3 is 0 Å². The minimum Gasteiger partial charge on any atom is -0.375 e. The van der Waals surface area contributed by atoms with Crippen LogP contribution in [-0.2, 0) is 14.6 Å². The van der Waals surface area contributed by atoms with E-state index in [4.69, 9.17) is 4.74 Å². The van der Waals surface area contributed by atoms with Crippen molar-refractivity contribution >= 4 is 9.84 Å². The lowest BCUT2D eigenvalue weighted by Crippen LogP contribution is -2.49. The molecule has 0 aromatic heterocycles. The van der Waals surface area contributed by atoms with Gasteiger partial charge in [0, 0.05) is 19.2 Å². The van der Waals surface area contributed by atoms with E-state index in [9.17, 15) is 8.42 Å². The molecular formula is C15H27NO3S. The second-order valence-corrected chi connectivity index (χ2v) is 9.22. The van der Waals surface area contributed by atoms with Crippen molar-refractivity contribution in [3.8, 4) is 0 Å². The van der Waals surface area contributed by atoms with Crippen molar-refractivity contribution in [2.45, 2.75) is 74.7 Å². The Balaban J connectivity index is 1.53. The van der Waals surface area contributed by atoms with Gasteiger partial charge in [-0.3, -0.25) is 0 Å². The normalized spacial score (nSPS) is 36.2. The van der Waals surface area contributed by atoms with Gasteiger partial charge in [-0.15, -0.1) is 0 Å². The first-order valence-electron chi connectivity index (χ1n) is 8.19. The lowest BCUT2D eigenvalue weighted by Gasteiger charge is -2.44. The largest absolute Gasteiger partial charge is 0.375 e. The van der Waals surface area contributed by atoms with Crippen molar-refractivity contribution in [2.24, 2.45) is 0 Å². The molecule has 0 radical (unpaired) electrons. The summed E-state index contributed by atoms with van der Waals surface area (Å²) in [4.78, 5) is 0. The van der Waals surface area contributed by atoms with Gasteiger partial charge in [-0.1, -0.05) is 19.3 Å². The van der Waals surface area contributed by atoms with E-state index in [-0.39, 0.29) is 10.9 Å². The molecule has 3 fully saturated rings. The van der Waals surface area contributed by atoms with E-state index in [0.717, 1.165) is 32.3 Å². The molecule has 5 heteroatoms. The van der Waals surface area contributed by atoms with E-state index in [1.165, 1.54) is 32.1 Å². The zero-order valence-electron chi connectivity index (χ0n) is 12.3. The summed E-state index contributed by atoms with van der Waals surface area (Å²) in [6.07, 6.45) is 10.0. The topological polar surface area (TPSA) is 55.4 Å². The highest BCUT2D eigenvalue weighted by atomic mass is 32.2. The fourth-order valence-corrected chi connectivity index (χ4v) is 5.91. The number of rotatable bonds is 3. The third-order valence-electron chi connectivity index (χ3n) is 5.35. The first-order valence-corrected chi connectivity index (χ1v) is 9.90. The van der Waals surface area contributed by atoms with E-state index >= 15 is 0 Å². The molecule has 0 aromatic carbocycles. The van der Waals surface area contributed by atoms with Crippen molar-refractivity contribution in [3.63, 3.8) is 0 Å². The Morgan fingerprint density at radius 2 is 1.90 bits per heavy atom. The molecule has 3 aliphatic rings. The van der Waals surface area contributed by atoms with Gasteiger partial charge in [0.25, 0.3) is 0 Å². The maximum absolute atomic E-state index is 11.9. The van der Waals surface area contributed by atoms with E-state index in [0.29, 0.717) is 18.3 Å². The molecule has 1 spiro atoms. The molecule has 0 aromatic rings. The molecule has 1 N–H and O–H groups in total. The van der Waals surface area contributed by atoms with Crippen molar-refractivity contribution in [3.05, 3.63) is 0 Å². The summed E-state index contributed by atoms with van der Waals surface area (Å²) in [5, 5.41) is 3.39. The standard InChI is InChI=1S/C15H27NO3S/c17-20(18)10-4-5-14(20)12-16-13-6-9-19-15(11-13)7-2-1-3-8-15/h13-14,16H,1-12H2. The van der Waals surface area contributed by atoms with Crippen LogP contribution in [0.4, 0.5) is 0 Å². The molecule has 2 unspecified atom stereocenters. The lowest BCUT2D eigenvalue weighted by molar-refractivity contribution is -0.109. The monoisotopic (exact) mass is 301 g/mol. The van der Waals surface area contributed by atoms with Gasteiger partial charge in [-0.05, 0) is 38.5 Å². The SMILES string of the molecule is O=S1(=O)CCCC1CNC1CCOC2(CCCCC2)C1. The average Bonchev–Trinajstić information content (AvgIpc) is 2.76. The van der Waals surface area contributed by atoms with Crippen LogP contribution in [-0.4, -0.2) is 44.2 Å². The summed E-state index contributed by atoms with van der Waals surface area (Å²) in [7, 11) is -2.82. The zero-order chi connectivity index (χ0) is 14.1. The predicted octanol–water partition coefficient (Wildman–Crippen LogP) is 2.04. The van der Waals surface area contributed by atoms with Gasteiger partial charge in [0.1, 0.15) is 0 Å². The maximum Gasteiger partial charge on any atom is 0.154 e. The third kappa shape index (κ3) is 3.20. The van der Waals surface area contributed by atoms with Crippen molar-refractivity contribution in [1.29, 1.82) is 0 Å². The Kier molecular flexibility index (Phi) is 4.39. The summed E-state index contributed by atoms with van der Waals surface area (Å²) in [6.45, 7) is 1.47. The quantitative estimate of drug-likeness (QED) is 0.866. The molecule has 1 saturated carbocycles. The van der Waals surface area contributed by atoms with E-state index in [2.05, 4.69) is 5.32 Å². The summed E-state index contributed by atoms with van der Waals surface area (Å²) in [5.74, 6) is 0.386. The van der Waals surface area contributed by atoms with Crippen LogP contribution in [0.25, 0.3) is 0 Å². The zero-order valence-corrected chi connectivity index (χ0v) is 13.1. The summed E-state index contributed by atoms with van der Waals surface area (Å²) >= 11 is 0. The molecule has 0 amide bonds. The average molecular weight is 301 g/mol. The second kappa shape index (κ2) is 5.93. The molecule has 0 bridgehead atoms. The van der Waals surface area contributed by atoms with Crippen LogP contribution < -0.4 is 5.32 Å². The van der Waals surface area contributed by atoms with Gasteiger partial charge in [0.15, 0.2) is 9.84 Å². The van der Waals surface area contributed by atoms with Gasteiger partial charge in [0.2, 0.25) is 0 Å². The Hall–Kier alpha value is -0.130. The Morgan fingerprint density at radius 1 is 1.10 bits per heavy atom. The van der Waals surface area contributed by atoms with Crippen LogP contribution in [0.2, 0.25) is 0 Å². The molecule has 2 heterocycles. The number of sulfone groups is 1. The molecule has 2 saturated heterocycles. The van der Waals surface area contributed by atoms with Crippen molar-refractivity contribution in [2.75, 3.05) is 18.9 Å². The Morgan fingerprint density at radius 3 is 2.60 bits per heavy atom. The molecule has 20 heavy (non-hydrogen) atoms. The number of hydrogen-bond donors (Lipinski definition) is 1. The van der Waals surface area contributed by atoms with Crippen molar-refractivity contribution < 1.29 is 13.2 Å². The summed E-state index contributed by atoms with van der Waals surface area (Å²) in [6, 6.07) is 0.442. The van der Waals surface area contributed by atoms with Gasteiger partial charge in [-0.2, -0.15) is 0 Å². The van der Waals surface area contributed by atoms with Gasteiger partial charge in [0.05, 0.1) is 16.6 Å². The van der Waals surface area contributed by atoms with Crippen LogP contribution in [0.15, 0.2) is 0 Å². The smallest absolute Gasteiger partial charge is 0.154 e. The third-order valence-corrected chi connectivity index (χ3v) is 7.63. The minimum absolute atomic E-state index is 0.0999. The fraction of sp³-hybridized carbons (Fsp3) is 1.00. The predicted molar refractivity (Wildman–Crippen MR) is 79.6 cm³/mol. The highest BCUT2D eigenvalue weighted by Gasteiger charge is 2.39. The number of ether oxygens (including phenoxy) is 1. The first kappa shape index (κ1) is 14.8. The lowest BCUT2D eigenvalue weighted by atomic mass is 9.78. The van der Waals surface area contributed by atoms with Crippen LogP contribution in [0, 0.1) is 0 Å². The van der Waals surface area contributed by atoms with Gasteiger partial charge in [-0.25, -0.2) is 8.42 Å². The van der Waals surface area contributed by atoms with Crippen LogP contribution in [0.1, 0.15) is 57.8 Å². The molecule has 2 atom stereocenters. The maximum atomic E-state index is 11.9. The van der Waals surface area contributed by atoms with E-state index < -0.39 is 9.84 Å². The highest BCUT2D eigenvalue weighted by molar-refractivity contribution is 7.92. The summed E-state index contributed by atoms with van der Waals surface area (Å²) < 4.78 is 29.8. The molecule has 1 aliphatic carbocycles. The van der Waals surface area contributed by atoms with Crippen LogP contribution in [0.3, 0.4) is 0 Å². The fourth-order valence-electron chi connectivity index (χ4n) is 4.13. The molecule has 2 aliphatic heterocycles. The van der Waals surface area contributed by atoms with Crippen LogP contribution in [0.5, 0.6) is 0 Å². The van der Waals surface area contributed by atoms with Crippen molar-refractivity contribution in [1.82, 2.24) is 5.32 Å². The Bertz CT molecular complexity index is 423. The summed E-state index contributed by atoms with van der Waals surface area (Å²) in [5.41, 5.74) is 0.0999. The number of nitrogens with one attached hydrogen (secondary N) is 1. The Labute approximate surface area is 122 Å². The molecular weight excluding hydrogens is 274 g/mol. The molecule has 116 valence electrons. The highest BCUT2D eigenvalue weighted by Crippen LogP contribution is 2.38. The molecule has 3 rings (SSSR count). The number of hydrogen-bond acceptors (Lipinski definition) is 4. The first-order chi connectivity index (χ1) is 9.60. The molecule has 4 nitrogen and oxygen atoms in total. The van der Waals surface area contributed by atoms with Gasteiger partial charge < -0.3 is 10.1 Å². The van der Waals surface area contributed by atoms with Crippen LogP contribution >= 0.6 is 0 Å². The van der Waals surface area contributed by atoms with E-state index in [1.807, 2.05) is 0 Å². The second-order valence-electron chi connectivity index (χ2n) is 6.82. The van der Waals surface area contributed by atoms with E-state index in [1.54, 1.807) is 0 Å².